The van der Waals surface area contributed by atoms with E-state index in [0.717, 1.165) is 17.5 Å². The van der Waals surface area contributed by atoms with Gasteiger partial charge >= 0.3 is 13.2 Å². The van der Waals surface area contributed by atoms with E-state index in [0.29, 0.717) is 11.9 Å². The van der Waals surface area contributed by atoms with Gasteiger partial charge in [0.25, 0.3) is 0 Å². The van der Waals surface area contributed by atoms with E-state index in [2.05, 4.69) is 5.32 Å². The fourth-order valence-corrected chi connectivity index (χ4v) is 3.50. The molecule has 0 spiro atoms. The summed E-state index contributed by atoms with van der Waals surface area (Å²) in [6.45, 7) is 13.3. The lowest BCUT2D eigenvalue weighted by Gasteiger charge is -2.32. The molecule has 148 valence electrons. The number of nitrogens with one attached hydrogen (secondary N) is 1. The number of benzene rings is 1. The molecule has 3 rings (SSSR count). The molecule has 0 radical (unpaired) electrons. The third-order valence-electron chi connectivity index (χ3n) is 5.54. The molecule has 1 amide bonds. The van der Waals surface area contributed by atoms with Crippen LogP contribution >= 0.6 is 0 Å². The van der Waals surface area contributed by atoms with Crippen LogP contribution in [0, 0.1) is 5.82 Å². The van der Waals surface area contributed by atoms with Gasteiger partial charge in [0.15, 0.2) is 0 Å². The van der Waals surface area contributed by atoms with E-state index < -0.39 is 30.0 Å². The fourth-order valence-electron chi connectivity index (χ4n) is 3.50. The zero-order chi connectivity index (χ0) is 20.2. The number of alkyl carbamates (subject to hydrolysis) is 1. The van der Waals surface area contributed by atoms with Crippen LogP contribution in [0.25, 0.3) is 0 Å². The van der Waals surface area contributed by atoms with Crippen LogP contribution in [-0.4, -0.2) is 30.0 Å². The van der Waals surface area contributed by atoms with Crippen LogP contribution in [0.15, 0.2) is 12.1 Å². The highest BCUT2D eigenvalue weighted by atomic mass is 19.1. The van der Waals surface area contributed by atoms with Crippen LogP contribution in [0.2, 0.25) is 0 Å². The molecule has 1 aliphatic carbocycles. The first-order valence-corrected chi connectivity index (χ1v) is 9.46. The van der Waals surface area contributed by atoms with Crippen LogP contribution < -0.4 is 10.8 Å². The van der Waals surface area contributed by atoms with Crippen molar-refractivity contribution in [3.63, 3.8) is 0 Å². The molecular formula is C20H29BFNO4. The van der Waals surface area contributed by atoms with Crippen molar-refractivity contribution in [1.29, 1.82) is 0 Å². The second-order valence-corrected chi connectivity index (χ2v) is 9.39. The molecule has 2 aliphatic rings. The Labute approximate surface area is 161 Å². The minimum absolute atomic E-state index is 0.285. The molecule has 1 N–H and O–H groups in total. The lowest BCUT2D eigenvalue weighted by Crippen LogP contribution is -2.41. The summed E-state index contributed by atoms with van der Waals surface area (Å²) in [5.74, 6) is -0.364. The highest BCUT2D eigenvalue weighted by molar-refractivity contribution is 6.62. The van der Waals surface area contributed by atoms with E-state index in [-0.39, 0.29) is 11.9 Å². The molecule has 1 atom stereocenters. The molecule has 0 aromatic heterocycles. The number of hydrogen-bond donors (Lipinski definition) is 1. The maximum atomic E-state index is 14.4. The SMILES string of the molecule is CC(C)(C)OC(=O)NC1CCc2c(B3OC(C)(C)C(C)(C)O3)cc(F)cc21. The molecule has 0 saturated carbocycles. The van der Waals surface area contributed by atoms with E-state index in [1.165, 1.54) is 12.1 Å². The van der Waals surface area contributed by atoms with Crippen molar-refractivity contribution in [3.8, 4) is 0 Å². The van der Waals surface area contributed by atoms with Crippen LogP contribution in [0.3, 0.4) is 0 Å². The van der Waals surface area contributed by atoms with Gasteiger partial charge in [-0.25, -0.2) is 9.18 Å². The zero-order valence-electron chi connectivity index (χ0n) is 17.2. The van der Waals surface area contributed by atoms with Crippen molar-refractivity contribution in [3.05, 3.63) is 29.1 Å². The largest absolute Gasteiger partial charge is 0.495 e. The molecule has 1 fully saturated rings. The third kappa shape index (κ3) is 3.99. The Morgan fingerprint density at radius 3 is 2.37 bits per heavy atom. The maximum absolute atomic E-state index is 14.4. The lowest BCUT2D eigenvalue weighted by molar-refractivity contribution is 0.00578. The van der Waals surface area contributed by atoms with Gasteiger partial charge in [-0.2, -0.15) is 0 Å². The van der Waals surface area contributed by atoms with E-state index in [1.807, 2.05) is 48.5 Å². The van der Waals surface area contributed by atoms with Crippen molar-refractivity contribution < 1.29 is 23.2 Å². The van der Waals surface area contributed by atoms with Crippen LogP contribution in [-0.2, 0) is 20.5 Å². The van der Waals surface area contributed by atoms with E-state index in [1.54, 1.807) is 0 Å². The molecule has 7 heteroatoms. The number of halogens is 1. The number of rotatable bonds is 2. The summed E-state index contributed by atoms with van der Waals surface area (Å²) in [6.07, 6.45) is 0.904. The molecule has 1 aromatic carbocycles. The van der Waals surface area contributed by atoms with E-state index in [9.17, 15) is 9.18 Å². The van der Waals surface area contributed by atoms with Gasteiger partial charge in [-0.05, 0) is 90.0 Å². The Balaban J connectivity index is 1.86. The smallest absolute Gasteiger partial charge is 0.444 e. The minimum atomic E-state index is -0.625. The maximum Gasteiger partial charge on any atom is 0.495 e. The summed E-state index contributed by atoms with van der Waals surface area (Å²) in [4.78, 5) is 12.1. The Hall–Kier alpha value is -1.60. The fraction of sp³-hybridized carbons (Fsp3) is 0.650. The summed E-state index contributed by atoms with van der Waals surface area (Å²) in [6, 6.07) is 2.68. The normalized spacial score (nSPS) is 23.3. The molecule has 1 saturated heterocycles. The van der Waals surface area contributed by atoms with Gasteiger partial charge in [0.1, 0.15) is 11.4 Å². The molecule has 0 bridgehead atoms. The van der Waals surface area contributed by atoms with Crippen molar-refractivity contribution >= 4 is 18.7 Å². The zero-order valence-corrected chi connectivity index (χ0v) is 17.2. The molecule has 1 heterocycles. The predicted octanol–water partition coefficient (Wildman–Crippen LogP) is 3.64. The predicted molar refractivity (Wildman–Crippen MR) is 103 cm³/mol. The van der Waals surface area contributed by atoms with Crippen molar-refractivity contribution in [1.82, 2.24) is 5.32 Å². The lowest BCUT2D eigenvalue weighted by atomic mass is 9.75. The highest BCUT2D eigenvalue weighted by Crippen LogP contribution is 2.38. The van der Waals surface area contributed by atoms with Gasteiger partial charge in [-0.15, -0.1) is 0 Å². The van der Waals surface area contributed by atoms with Gasteiger partial charge in [-0.3, -0.25) is 0 Å². The van der Waals surface area contributed by atoms with E-state index in [4.69, 9.17) is 14.0 Å². The number of ether oxygens (including phenoxy) is 1. The molecule has 1 aromatic rings. The second-order valence-electron chi connectivity index (χ2n) is 9.39. The first-order chi connectivity index (χ1) is 12.3. The van der Waals surface area contributed by atoms with E-state index >= 15 is 0 Å². The Kier molecular flexibility index (Phi) is 4.84. The Bertz CT molecular complexity index is 741. The quantitative estimate of drug-likeness (QED) is 0.800. The molecular weight excluding hydrogens is 348 g/mol. The number of fused-ring (bicyclic) bond motifs is 1. The Morgan fingerprint density at radius 2 is 1.81 bits per heavy atom. The summed E-state index contributed by atoms with van der Waals surface area (Å²) in [5, 5.41) is 2.86. The van der Waals surface area contributed by atoms with Gasteiger partial charge in [0.2, 0.25) is 0 Å². The summed E-state index contributed by atoms with van der Waals surface area (Å²) >= 11 is 0. The highest BCUT2D eigenvalue weighted by Gasteiger charge is 2.52. The van der Waals surface area contributed by atoms with Gasteiger partial charge in [0, 0.05) is 0 Å². The summed E-state index contributed by atoms with van der Waals surface area (Å²) < 4.78 is 31.9. The monoisotopic (exact) mass is 377 g/mol. The molecule has 27 heavy (non-hydrogen) atoms. The Morgan fingerprint density at radius 1 is 1.22 bits per heavy atom. The average Bonchev–Trinajstić information content (AvgIpc) is 2.95. The second kappa shape index (κ2) is 6.48. The number of hydrogen-bond acceptors (Lipinski definition) is 4. The first kappa shape index (κ1) is 20.1. The van der Waals surface area contributed by atoms with Crippen LogP contribution in [0.1, 0.15) is 72.1 Å². The summed E-state index contributed by atoms with van der Waals surface area (Å²) in [7, 11) is -0.625. The average molecular weight is 377 g/mol. The number of carbonyl (C=O) groups excluding carboxylic acids is 1. The van der Waals surface area contributed by atoms with Crippen molar-refractivity contribution in [2.45, 2.75) is 84.2 Å². The minimum Gasteiger partial charge on any atom is -0.444 e. The standard InChI is InChI=1S/C20H29BFNO4/c1-18(2,3)25-17(24)23-16-9-8-13-14(16)10-12(22)11-15(13)21-26-19(4,5)20(6,7)27-21/h10-11,16H,8-9H2,1-7H3,(H,23,24). The molecule has 1 unspecified atom stereocenters. The van der Waals surface area contributed by atoms with Crippen molar-refractivity contribution in [2.75, 3.05) is 0 Å². The topological polar surface area (TPSA) is 56.8 Å². The van der Waals surface area contributed by atoms with Crippen LogP contribution in [0.5, 0.6) is 0 Å². The van der Waals surface area contributed by atoms with Gasteiger partial charge in [-0.1, -0.05) is 0 Å². The first-order valence-electron chi connectivity index (χ1n) is 9.46. The summed E-state index contributed by atoms with van der Waals surface area (Å²) in [5.41, 5.74) is 0.882. The van der Waals surface area contributed by atoms with Gasteiger partial charge < -0.3 is 19.4 Å². The molecule has 1 aliphatic heterocycles. The number of carbonyl (C=O) groups is 1. The van der Waals surface area contributed by atoms with Gasteiger partial charge in [0.05, 0.1) is 17.2 Å². The third-order valence-corrected chi connectivity index (χ3v) is 5.54. The van der Waals surface area contributed by atoms with Crippen molar-refractivity contribution in [2.24, 2.45) is 0 Å². The number of amides is 1. The molecule has 5 nitrogen and oxygen atoms in total. The van der Waals surface area contributed by atoms with Crippen LogP contribution in [0.4, 0.5) is 9.18 Å².